The minimum absolute atomic E-state index is 0.465. The molecule has 0 aromatic carbocycles. The van der Waals surface area contributed by atoms with Gasteiger partial charge in [0.15, 0.2) is 0 Å². The maximum Gasteiger partial charge on any atom is 0.129 e. The molecule has 0 bridgehead atoms. The van der Waals surface area contributed by atoms with Gasteiger partial charge >= 0.3 is 0 Å². The molecule has 0 spiro atoms. The Labute approximate surface area is 109 Å². The minimum atomic E-state index is 0.465. The van der Waals surface area contributed by atoms with Crippen molar-refractivity contribution in [1.82, 2.24) is 5.32 Å². The van der Waals surface area contributed by atoms with Crippen molar-refractivity contribution in [3.8, 4) is 5.75 Å². The molecule has 1 N–H and O–H groups in total. The molecule has 1 aromatic rings. The predicted octanol–water partition coefficient (Wildman–Crippen LogP) is 4.15. The number of allylic oxidation sites excluding steroid dienone is 1. The van der Waals surface area contributed by atoms with Crippen molar-refractivity contribution in [2.45, 2.75) is 38.1 Å². The number of thiophene rings is 1. The lowest BCUT2D eigenvalue weighted by Crippen LogP contribution is -2.14. The largest absolute Gasteiger partial charge is 0.496 e. The van der Waals surface area contributed by atoms with Crippen LogP contribution in [0.15, 0.2) is 24.1 Å². The molecule has 1 rings (SSSR count). The van der Waals surface area contributed by atoms with Gasteiger partial charge < -0.3 is 10.1 Å². The van der Waals surface area contributed by atoms with Crippen LogP contribution in [0.5, 0.6) is 5.75 Å². The second kappa shape index (κ2) is 8.31. The molecule has 0 amide bonds. The lowest BCUT2D eigenvalue weighted by atomic mass is 10.1. The number of rotatable bonds is 9. The molecule has 17 heavy (non-hydrogen) atoms. The Hall–Kier alpha value is -0.800. The van der Waals surface area contributed by atoms with Crippen LogP contribution in [0, 0.1) is 0 Å². The summed E-state index contributed by atoms with van der Waals surface area (Å²) < 4.78 is 5.22. The van der Waals surface area contributed by atoms with Crippen molar-refractivity contribution in [1.29, 1.82) is 0 Å². The van der Waals surface area contributed by atoms with Crippen LogP contribution in [0.25, 0.3) is 0 Å². The Kier molecular flexibility index (Phi) is 6.97. The van der Waals surface area contributed by atoms with E-state index in [-0.39, 0.29) is 0 Å². The second-order valence-corrected chi connectivity index (χ2v) is 5.10. The fourth-order valence-electron chi connectivity index (χ4n) is 1.87. The van der Waals surface area contributed by atoms with Gasteiger partial charge in [-0.3, -0.25) is 0 Å². The van der Waals surface area contributed by atoms with E-state index in [1.807, 2.05) is 13.1 Å². The molecule has 0 saturated carbocycles. The van der Waals surface area contributed by atoms with Crippen LogP contribution in [0.3, 0.4) is 0 Å². The molecule has 2 nitrogen and oxygen atoms in total. The third-order valence-corrected chi connectivity index (χ3v) is 3.95. The lowest BCUT2D eigenvalue weighted by Gasteiger charge is -2.13. The number of unbranched alkanes of at least 4 members (excludes halogenated alkanes) is 3. The van der Waals surface area contributed by atoms with E-state index in [9.17, 15) is 0 Å². The molecule has 0 aliphatic carbocycles. The molecular weight excluding hydrogens is 230 g/mol. The monoisotopic (exact) mass is 253 g/mol. The number of ether oxygens (including phenoxy) is 1. The van der Waals surface area contributed by atoms with Crippen LogP contribution < -0.4 is 10.1 Å². The molecular formula is C14H23NOS. The van der Waals surface area contributed by atoms with Crippen LogP contribution in [-0.2, 0) is 0 Å². The van der Waals surface area contributed by atoms with Crippen LogP contribution in [0.2, 0.25) is 0 Å². The van der Waals surface area contributed by atoms with Crippen LogP contribution in [-0.4, -0.2) is 14.2 Å². The molecule has 0 aliphatic rings. The standard InChI is InChI=1S/C14H23NOS/c1-4-5-6-7-8-9-13(15-2)14-10-12(16-3)11-17-14/h4,10-11,13,15H,1,5-9H2,2-3H3. The van der Waals surface area contributed by atoms with Gasteiger partial charge in [-0.25, -0.2) is 0 Å². The summed E-state index contributed by atoms with van der Waals surface area (Å²) in [5, 5.41) is 5.45. The zero-order valence-electron chi connectivity index (χ0n) is 10.9. The molecule has 0 aliphatic heterocycles. The van der Waals surface area contributed by atoms with E-state index in [1.165, 1.54) is 30.6 Å². The SMILES string of the molecule is C=CCCCCCC(NC)c1cc(OC)cs1. The van der Waals surface area contributed by atoms with E-state index in [1.54, 1.807) is 18.4 Å². The highest BCUT2D eigenvalue weighted by molar-refractivity contribution is 7.10. The van der Waals surface area contributed by atoms with Gasteiger partial charge in [-0.15, -0.1) is 17.9 Å². The van der Waals surface area contributed by atoms with Gasteiger partial charge in [-0.05, 0) is 32.4 Å². The van der Waals surface area contributed by atoms with E-state index in [2.05, 4.69) is 23.3 Å². The average molecular weight is 253 g/mol. The predicted molar refractivity (Wildman–Crippen MR) is 76.0 cm³/mol. The van der Waals surface area contributed by atoms with Gasteiger partial charge in [0.2, 0.25) is 0 Å². The number of hydrogen-bond donors (Lipinski definition) is 1. The molecule has 0 radical (unpaired) electrons. The number of methoxy groups -OCH3 is 1. The Morgan fingerprint density at radius 1 is 1.47 bits per heavy atom. The van der Waals surface area contributed by atoms with E-state index >= 15 is 0 Å². The van der Waals surface area contributed by atoms with Gasteiger partial charge in [-0.1, -0.05) is 18.9 Å². The average Bonchev–Trinajstić information content (AvgIpc) is 2.82. The molecule has 3 heteroatoms. The molecule has 1 unspecified atom stereocenters. The van der Waals surface area contributed by atoms with Gasteiger partial charge in [0.1, 0.15) is 5.75 Å². The van der Waals surface area contributed by atoms with Gasteiger partial charge in [0.05, 0.1) is 7.11 Å². The van der Waals surface area contributed by atoms with E-state index in [0.29, 0.717) is 6.04 Å². The maximum absolute atomic E-state index is 5.22. The van der Waals surface area contributed by atoms with Crippen molar-refractivity contribution in [3.63, 3.8) is 0 Å². The summed E-state index contributed by atoms with van der Waals surface area (Å²) >= 11 is 1.77. The second-order valence-electron chi connectivity index (χ2n) is 4.16. The number of hydrogen-bond acceptors (Lipinski definition) is 3. The van der Waals surface area contributed by atoms with E-state index < -0.39 is 0 Å². The first-order valence-corrected chi connectivity index (χ1v) is 7.10. The first-order valence-electron chi connectivity index (χ1n) is 6.22. The number of nitrogens with one attached hydrogen (secondary N) is 1. The molecule has 0 saturated heterocycles. The summed E-state index contributed by atoms with van der Waals surface area (Å²) in [6.45, 7) is 3.74. The summed E-state index contributed by atoms with van der Waals surface area (Å²) in [6, 6.07) is 2.60. The zero-order chi connectivity index (χ0) is 12.5. The lowest BCUT2D eigenvalue weighted by molar-refractivity contribution is 0.415. The summed E-state index contributed by atoms with van der Waals surface area (Å²) in [5.41, 5.74) is 0. The molecule has 1 aromatic heterocycles. The molecule has 96 valence electrons. The normalized spacial score (nSPS) is 12.4. The Morgan fingerprint density at radius 3 is 2.88 bits per heavy atom. The van der Waals surface area contributed by atoms with Gasteiger partial charge in [0.25, 0.3) is 0 Å². The molecule has 1 heterocycles. The minimum Gasteiger partial charge on any atom is -0.496 e. The fraction of sp³-hybridized carbons (Fsp3) is 0.571. The third-order valence-electron chi connectivity index (χ3n) is 2.92. The Morgan fingerprint density at radius 2 is 2.29 bits per heavy atom. The summed E-state index contributed by atoms with van der Waals surface area (Å²) in [4.78, 5) is 1.37. The zero-order valence-corrected chi connectivity index (χ0v) is 11.7. The smallest absolute Gasteiger partial charge is 0.129 e. The third kappa shape index (κ3) is 4.92. The van der Waals surface area contributed by atoms with E-state index in [0.717, 1.165) is 12.2 Å². The van der Waals surface area contributed by atoms with Crippen LogP contribution in [0.4, 0.5) is 0 Å². The van der Waals surface area contributed by atoms with Crippen molar-refractivity contribution in [2.24, 2.45) is 0 Å². The van der Waals surface area contributed by atoms with Crippen LogP contribution in [0.1, 0.15) is 43.0 Å². The molecule has 0 fully saturated rings. The first-order chi connectivity index (χ1) is 8.31. The molecule has 1 atom stereocenters. The van der Waals surface area contributed by atoms with Crippen molar-refractivity contribution >= 4 is 11.3 Å². The van der Waals surface area contributed by atoms with Gasteiger partial charge in [0, 0.05) is 16.3 Å². The highest BCUT2D eigenvalue weighted by atomic mass is 32.1. The first kappa shape index (κ1) is 14.3. The highest BCUT2D eigenvalue weighted by Gasteiger charge is 2.11. The Balaban J connectivity index is 2.34. The van der Waals surface area contributed by atoms with Crippen LogP contribution >= 0.6 is 11.3 Å². The van der Waals surface area contributed by atoms with Crippen molar-refractivity contribution in [2.75, 3.05) is 14.2 Å². The summed E-state index contributed by atoms with van der Waals surface area (Å²) in [5.74, 6) is 0.969. The fourth-order valence-corrected chi connectivity index (χ4v) is 2.87. The topological polar surface area (TPSA) is 21.3 Å². The summed E-state index contributed by atoms with van der Waals surface area (Å²) in [7, 11) is 3.75. The van der Waals surface area contributed by atoms with Gasteiger partial charge in [-0.2, -0.15) is 0 Å². The summed E-state index contributed by atoms with van der Waals surface area (Å²) in [6.07, 6.45) is 8.13. The van der Waals surface area contributed by atoms with E-state index in [4.69, 9.17) is 4.74 Å². The quantitative estimate of drug-likeness (QED) is 0.527. The van der Waals surface area contributed by atoms with Crippen molar-refractivity contribution < 1.29 is 4.74 Å². The maximum atomic E-state index is 5.22. The highest BCUT2D eigenvalue weighted by Crippen LogP contribution is 2.29. The Bertz CT molecular complexity index is 322. The van der Waals surface area contributed by atoms with Crippen molar-refractivity contribution in [3.05, 3.63) is 29.0 Å².